The standard InChI is InChI=1S/C10H20NO4P/c1-4-14-16(13,15-5-2)10-8-9(12)6-7-11(10)3/h10H,4-8H2,1-3H3. The van der Waals surface area contributed by atoms with Crippen molar-refractivity contribution < 1.29 is 18.4 Å². The third kappa shape index (κ3) is 3.14. The van der Waals surface area contributed by atoms with Crippen LogP contribution in [0.3, 0.4) is 0 Å². The molecule has 94 valence electrons. The fourth-order valence-electron chi connectivity index (χ4n) is 1.83. The van der Waals surface area contributed by atoms with Crippen LogP contribution >= 0.6 is 7.60 Å². The molecule has 0 aromatic carbocycles. The average Bonchev–Trinajstić information content (AvgIpc) is 2.22. The molecule has 5 nitrogen and oxygen atoms in total. The minimum absolute atomic E-state index is 0.128. The maximum Gasteiger partial charge on any atom is 0.348 e. The van der Waals surface area contributed by atoms with Gasteiger partial charge in [-0.2, -0.15) is 0 Å². The summed E-state index contributed by atoms with van der Waals surface area (Å²) in [6, 6.07) is 0. The highest BCUT2D eigenvalue weighted by Crippen LogP contribution is 2.55. The minimum atomic E-state index is -3.18. The molecule has 0 aromatic rings. The predicted octanol–water partition coefficient (Wildman–Crippen LogP) is 1.87. The van der Waals surface area contributed by atoms with Crippen molar-refractivity contribution in [3.05, 3.63) is 0 Å². The van der Waals surface area contributed by atoms with Crippen LogP contribution in [0.4, 0.5) is 0 Å². The summed E-state index contributed by atoms with van der Waals surface area (Å²) in [6.07, 6.45) is 0.777. The van der Waals surface area contributed by atoms with E-state index in [1.807, 2.05) is 11.9 Å². The smallest absolute Gasteiger partial charge is 0.308 e. The van der Waals surface area contributed by atoms with Gasteiger partial charge in [0.25, 0.3) is 0 Å². The summed E-state index contributed by atoms with van der Waals surface area (Å²) >= 11 is 0. The van der Waals surface area contributed by atoms with Gasteiger partial charge in [-0.1, -0.05) is 0 Å². The first kappa shape index (κ1) is 13.8. The van der Waals surface area contributed by atoms with Crippen LogP contribution in [-0.4, -0.2) is 43.3 Å². The van der Waals surface area contributed by atoms with Crippen molar-refractivity contribution in [1.29, 1.82) is 0 Å². The monoisotopic (exact) mass is 249 g/mol. The average molecular weight is 249 g/mol. The van der Waals surface area contributed by atoms with Gasteiger partial charge in [0.1, 0.15) is 11.6 Å². The summed E-state index contributed by atoms with van der Waals surface area (Å²) in [7, 11) is -1.33. The fraction of sp³-hybridized carbons (Fsp3) is 0.900. The van der Waals surface area contributed by atoms with Gasteiger partial charge in [-0.3, -0.25) is 14.3 Å². The van der Waals surface area contributed by atoms with Crippen molar-refractivity contribution in [3.8, 4) is 0 Å². The first-order valence-corrected chi connectivity index (χ1v) is 7.25. The lowest BCUT2D eigenvalue weighted by Crippen LogP contribution is -2.40. The van der Waals surface area contributed by atoms with Gasteiger partial charge in [-0.25, -0.2) is 0 Å². The van der Waals surface area contributed by atoms with Crippen LogP contribution in [0.2, 0.25) is 0 Å². The Hall–Kier alpha value is -0.220. The lowest BCUT2D eigenvalue weighted by Gasteiger charge is -2.35. The van der Waals surface area contributed by atoms with Crippen LogP contribution in [-0.2, 0) is 18.4 Å². The van der Waals surface area contributed by atoms with Crippen molar-refractivity contribution >= 4 is 13.4 Å². The molecule has 0 radical (unpaired) electrons. The predicted molar refractivity (Wildman–Crippen MR) is 61.5 cm³/mol. The molecule has 6 heteroatoms. The fourth-order valence-corrected chi connectivity index (χ4v) is 4.00. The maximum atomic E-state index is 12.5. The Morgan fingerprint density at radius 3 is 2.44 bits per heavy atom. The van der Waals surface area contributed by atoms with Gasteiger partial charge in [0, 0.05) is 19.4 Å². The van der Waals surface area contributed by atoms with Gasteiger partial charge in [-0.15, -0.1) is 0 Å². The summed E-state index contributed by atoms with van der Waals surface area (Å²) in [5, 5.41) is 0. The number of hydrogen-bond acceptors (Lipinski definition) is 5. The van der Waals surface area contributed by atoms with E-state index in [4.69, 9.17) is 9.05 Å². The van der Waals surface area contributed by atoms with E-state index in [0.717, 1.165) is 0 Å². The summed E-state index contributed by atoms with van der Waals surface area (Å²) in [5.41, 5.74) is 0. The zero-order valence-electron chi connectivity index (χ0n) is 10.1. The summed E-state index contributed by atoms with van der Waals surface area (Å²) in [4.78, 5) is 13.3. The number of likely N-dealkylation sites (tertiary alicyclic amines) is 1. The van der Waals surface area contributed by atoms with E-state index in [2.05, 4.69) is 0 Å². The number of hydrogen-bond donors (Lipinski definition) is 0. The second-order valence-corrected chi connectivity index (χ2v) is 6.02. The number of carbonyl (C=O) groups is 1. The van der Waals surface area contributed by atoms with Crippen LogP contribution < -0.4 is 0 Å². The maximum absolute atomic E-state index is 12.5. The molecular formula is C10H20NO4P. The molecule has 1 rings (SSSR count). The topological polar surface area (TPSA) is 55.8 Å². The zero-order chi connectivity index (χ0) is 12.2. The van der Waals surface area contributed by atoms with Crippen LogP contribution in [0.15, 0.2) is 0 Å². The number of nitrogens with zero attached hydrogens (tertiary/aromatic N) is 1. The third-order valence-corrected chi connectivity index (χ3v) is 5.19. The molecule has 1 atom stereocenters. The molecule has 1 heterocycles. The first-order valence-electron chi connectivity index (χ1n) is 5.64. The van der Waals surface area contributed by atoms with Crippen LogP contribution in [0.1, 0.15) is 26.7 Å². The minimum Gasteiger partial charge on any atom is -0.308 e. The van der Waals surface area contributed by atoms with Crippen molar-refractivity contribution in [2.24, 2.45) is 0 Å². The molecule has 16 heavy (non-hydrogen) atoms. The van der Waals surface area contributed by atoms with Crippen LogP contribution in [0, 0.1) is 0 Å². The first-order chi connectivity index (χ1) is 7.53. The van der Waals surface area contributed by atoms with Gasteiger partial charge < -0.3 is 9.05 Å². The molecule has 1 fully saturated rings. The molecule has 0 spiro atoms. The second-order valence-electron chi connectivity index (χ2n) is 3.83. The Kier molecular flexibility index (Phi) is 5.12. The SMILES string of the molecule is CCOP(=O)(OCC)C1CC(=O)CCN1C. The normalized spacial score (nSPS) is 23.7. The Labute approximate surface area is 96.6 Å². The van der Waals surface area contributed by atoms with E-state index in [-0.39, 0.29) is 12.2 Å². The van der Waals surface area contributed by atoms with E-state index in [1.54, 1.807) is 13.8 Å². The molecule has 1 aliphatic heterocycles. The largest absolute Gasteiger partial charge is 0.348 e. The zero-order valence-corrected chi connectivity index (χ0v) is 11.0. The lowest BCUT2D eigenvalue weighted by molar-refractivity contribution is -0.122. The molecule has 0 bridgehead atoms. The van der Waals surface area contributed by atoms with Gasteiger partial charge in [0.15, 0.2) is 0 Å². The van der Waals surface area contributed by atoms with Crippen molar-refractivity contribution in [3.63, 3.8) is 0 Å². The third-order valence-electron chi connectivity index (χ3n) is 2.65. The molecule has 0 aliphatic carbocycles. The highest BCUT2D eigenvalue weighted by molar-refractivity contribution is 7.54. The molecule has 0 aromatic heterocycles. The Bertz CT molecular complexity index is 285. The van der Waals surface area contributed by atoms with E-state index < -0.39 is 13.4 Å². The second kappa shape index (κ2) is 5.92. The Balaban J connectivity index is 2.83. The highest BCUT2D eigenvalue weighted by Gasteiger charge is 2.41. The van der Waals surface area contributed by atoms with E-state index >= 15 is 0 Å². The molecule has 0 N–H and O–H groups in total. The number of rotatable bonds is 5. The summed E-state index contributed by atoms with van der Waals surface area (Å²) in [6.45, 7) is 4.83. The molecule has 1 saturated heterocycles. The lowest BCUT2D eigenvalue weighted by atomic mass is 10.1. The Morgan fingerprint density at radius 1 is 1.38 bits per heavy atom. The Morgan fingerprint density at radius 2 is 1.94 bits per heavy atom. The van der Waals surface area contributed by atoms with Crippen LogP contribution in [0.5, 0.6) is 0 Å². The van der Waals surface area contributed by atoms with Crippen molar-refractivity contribution in [1.82, 2.24) is 4.90 Å². The summed E-state index contributed by atoms with van der Waals surface area (Å²) in [5.74, 6) is -0.295. The van der Waals surface area contributed by atoms with Gasteiger partial charge >= 0.3 is 7.60 Å². The number of carbonyl (C=O) groups excluding carboxylic acids is 1. The molecular weight excluding hydrogens is 229 g/mol. The summed E-state index contributed by atoms with van der Waals surface area (Å²) < 4.78 is 23.0. The number of piperidine rings is 1. The quantitative estimate of drug-likeness (QED) is 0.696. The number of ketones is 1. The van der Waals surface area contributed by atoms with Gasteiger partial charge in [0.05, 0.1) is 13.2 Å². The number of Topliss-reactive ketones (excluding diaryl/α,β-unsaturated/α-hetero) is 1. The van der Waals surface area contributed by atoms with Crippen molar-refractivity contribution in [2.45, 2.75) is 32.5 Å². The van der Waals surface area contributed by atoms with Crippen molar-refractivity contribution in [2.75, 3.05) is 26.8 Å². The van der Waals surface area contributed by atoms with E-state index in [9.17, 15) is 9.36 Å². The van der Waals surface area contributed by atoms with Gasteiger partial charge in [0.2, 0.25) is 0 Å². The molecule has 0 saturated carbocycles. The van der Waals surface area contributed by atoms with E-state index in [1.165, 1.54) is 0 Å². The molecule has 1 aliphatic rings. The molecule has 0 amide bonds. The highest BCUT2D eigenvalue weighted by atomic mass is 31.2. The molecule has 1 unspecified atom stereocenters. The van der Waals surface area contributed by atoms with E-state index in [0.29, 0.717) is 26.2 Å². The van der Waals surface area contributed by atoms with Crippen LogP contribution in [0.25, 0.3) is 0 Å². The van der Waals surface area contributed by atoms with Gasteiger partial charge in [-0.05, 0) is 20.9 Å².